The van der Waals surface area contributed by atoms with Crippen molar-refractivity contribution in [2.45, 2.75) is 12.8 Å². The average molecular weight is 558 g/mol. The predicted octanol–water partition coefficient (Wildman–Crippen LogP) is 4.04. The van der Waals surface area contributed by atoms with Gasteiger partial charge in [-0.1, -0.05) is 30.0 Å². The molecule has 1 N–H and O–H groups in total. The number of carbonyl (C=O) groups excluding carboxylic acids is 3. The van der Waals surface area contributed by atoms with E-state index in [0.717, 1.165) is 5.56 Å². The predicted molar refractivity (Wildman–Crippen MR) is 153 cm³/mol. The largest absolute Gasteiger partial charge is 0.493 e. The molecule has 0 atom stereocenters. The second-order valence-electron chi connectivity index (χ2n) is 8.62. The Morgan fingerprint density at radius 3 is 2.45 bits per heavy atom. The van der Waals surface area contributed by atoms with Crippen molar-refractivity contribution < 1.29 is 28.6 Å². The fraction of sp³-hybridized carbons (Fsp3) is 0.333. The zero-order valence-corrected chi connectivity index (χ0v) is 23.4. The maximum Gasteiger partial charge on any atom is 0.338 e. The summed E-state index contributed by atoms with van der Waals surface area (Å²) < 4.78 is 16.2. The number of thioether (sulfide) groups is 1. The molecule has 11 heteroatoms. The summed E-state index contributed by atoms with van der Waals surface area (Å²) in [4.78, 5) is 41.3. The first-order valence-corrected chi connectivity index (χ1v) is 13.1. The summed E-state index contributed by atoms with van der Waals surface area (Å²) in [6.45, 7) is 1.28. The molecular weight excluding hydrogens is 526 g/mol. The van der Waals surface area contributed by atoms with Crippen molar-refractivity contribution in [1.82, 2.24) is 9.80 Å². The lowest BCUT2D eigenvalue weighted by atomic mass is 10.2. The Bertz CT molecular complexity index is 1210. The number of thiocarbonyl (C=S) groups is 1. The Morgan fingerprint density at radius 2 is 1.79 bits per heavy atom. The fourth-order valence-electron chi connectivity index (χ4n) is 3.50. The Balaban J connectivity index is 1.48. The minimum atomic E-state index is -0.409. The molecule has 0 aliphatic carbocycles. The average Bonchev–Trinajstić information content (AvgIpc) is 3.16. The SMILES string of the molecule is COc1ccc(/C=C2\SC(=S)N(CCCC(=O)Nc3ccc(C(=O)OCCN(C)C)cc3)C2=O)cc1OC. The van der Waals surface area contributed by atoms with E-state index in [1.807, 2.05) is 25.1 Å². The minimum Gasteiger partial charge on any atom is -0.493 e. The van der Waals surface area contributed by atoms with E-state index < -0.39 is 5.97 Å². The van der Waals surface area contributed by atoms with E-state index in [2.05, 4.69) is 5.32 Å². The smallest absolute Gasteiger partial charge is 0.338 e. The van der Waals surface area contributed by atoms with Crippen LogP contribution >= 0.6 is 24.0 Å². The van der Waals surface area contributed by atoms with E-state index in [4.69, 9.17) is 26.4 Å². The van der Waals surface area contributed by atoms with Gasteiger partial charge >= 0.3 is 5.97 Å². The van der Waals surface area contributed by atoms with Crippen molar-refractivity contribution in [2.24, 2.45) is 0 Å². The number of amides is 2. The molecule has 3 rings (SSSR count). The van der Waals surface area contributed by atoms with Gasteiger partial charge in [0.05, 0.1) is 24.7 Å². The van der Waals surface area contributed by atoms with Crippen molar-refractivity contribution in [3.05, 3.63) is 58.5 Å². The third kappa shape index (κ3) is 8.04. The van der Waals surface area contributed by atoms with E-state index >= 15 is 0 Å². The van der Waals surface area contributed by atoms with Gasteiger partial charge in [0.2, 0.25) is 5.91 Å². The number of hydrogen-bond donors (Lipinski definition) is 1. The molecule has 1 aliphatic heterocycles. The van der Waals surface area contributed by atoms with Gasteiger partial charge in [-0.2, -0.15) is 0 Å². The van der Waals surface area contributed by atoms with Crippen LogP contribution in [0.5, 0.6) is 11.5 Å². The molecule has 1 heterocycles. The lowest BCUT2D eigenvalue weighted by Gasteiger charge is -2.14. The van der Waals surface area contributed by atoms with Crippen molar-refractivity contribution in [1.29, 1.82) is 0 Å². The third-order valence-corrected chi connectivity index (χ3v) is 6.92. The van der Waals surface area contributed by atoms with Crippen molar-refractivity contribution in [3.63, 3.8) is 0 Å². The van der Waals surface area contributed by atoms with Crippen molar-refractivity contribution >= 4 is 57.8 Å². The molecule has 0 spiro atoms. The van der Waals surface area contributed by atoms with Gasteiger partial charge in [-0.15, -0.1) is 0 Å². The molecule has 2 aromatic carbocycles. The molecule has 1 saturated heterocycles. The molecule has 202 valence electrons. The molecule has 0 bridgehead atoms. The van der Waals surface area contributed by atoms with Crippen molar-refractivity contribution in [3.8, 4) is 11.5 Å². The highest BCUT2D eigenvalue weighted by Crippen LogP contribution is 2.34. The van der Waals surface area contributed by atoms with Gasteiger partial charge in [-0.3, -0.25) is 14.5 Å². The zero-order chi connectivity index (χ0) is 27.7. The molecule has 1 aliphatic rings. The number of anilines is 1. The van der Waals surface area contributed by atoms with Gasteiger partial charge in [-0.25, -0.2) is 4.79 Å². The van der Waals surface area contributed by atoms with Crippen LogP contribution in [0.2, 0.25) is 0 Å². The Kier molecular flexibility index (Phi) is 10.7. The van der Waals surface area contributed by atoms with Crippen molar-refractivity contribution in [2.75, 3.05) is 53.3 Å². The number of nitrogens with one attached hydrogen (secondary N) is 1. The Hall–Kier alpha value is -3.41. The van der Waals surface area contributed by atoms with E-state index in [1.165, 1.54) is 16.7 Å². The summed E-state index contributed by atoms with van der Waals surface area (Å²) in [6, 6.07) is 11.9. The summed E-state index contributed by atoms with van der Waals surface area (Å²) in [6.07, 6.45) is 2.41. The number of ether oxygens (including phenoxy) is 3. The van der Waals surface area contributed by atoms with E-state index in [0.29, 0.717) is 58.1 Å². The van der Waals surface area contributed by atoms with Crippen LogP contribution in [-0.2, 0) is 14.3 Å². The van der Waals surface area contributed by atoms with Gasteiger partial charge in [0.25, 0.3) is 5.91 Å². The quantitative estimate of drug-likeness (QED) is 0.236. The number of likely N-dealkylation sites (N-methyl/N-ethyl adjacent to an activating group) is 1. The number of esters is 1. The molecule has 2 amide bonds. The van der Waals surface area contributed by atoms with Crippen LogP contribution in [0.15, 0.2) is 47.4 Å². The molecule has 1 fully saturated rings. The standard InChI is InChI=1S/C27H31N3O6S2/c1-29(2)14-15-36-26(33)19-8-10-20(11-9-19)28-24(31)6-5-13-30-25(32)23(38-27(30)37)17-18-7-12-21(34-3)22(16-18)35-4/h7-12,16-17H,5-6,13-15H2,1-4H3,(H,28,31)/b23-17-. The maximum atomic E-state index is 12.9. The number of nitrogens with zero attached hydrogens (tertiary/aromatic N) is 2. The van der Waals surface area contributed by atoms with Crippen LogP contribution in [0.4, 0.5) is 5.69 Å². The highest BCUT2D eigenvalue weighted by atomic mass is 32.2. The lowest BCUT2D eigenvalue weighted by Crippen LogP contribution is -2.29. The Morgan fingerprint density at radius 1 is 1.08 bits per heavy atom. The Labute approximate surface area is 232 Å². The number of carbonyl (C=O) groups is 3. The summed E-state index contributed by atoms with van der Waals surface area (Å²) >= 11 is 6.62. The maximum absolute atomic E-state index is 12.9. The van der Waals surface area contributed by atoms with Gasteiger partial charge in [-0.05, 0) is 68.6 Å². The van der Waals surface area contributed by atoms with Crippen LogP contribution in [0.3, 0.4) is 0 Å². The number of methoxy groups -OCH3 is 2. The zero-order valence-electron chi connectivity index (χ0n) is 21.8. The van der Waals surface area contributed by atoms with Crippen LogP contribution in [0, 0.1) is 0 Å². The van der Waals surface area contributed by atoms with Crippen LogP contribution in [0.1, 0.15) is 28.8 Å². The van der Waals surface area contributed by atoms with E-state index in [1.54, 1.807) is 56.7 Å². The minimum absolute atomic E-state index is 0.191. The van der Waals surface area contributed by atoms with Gasteiger partial charge in [0.15, 0.2) is 11.5 Å². The molecule has 2 aromatic rings. The molecule has 0 aromatic heterocycles. The van der Waals surface area contributed by atoms with Gasteiger partial charge in [0, 0.05) is 25.2 Å². The summed E-state index contributed by atoms with van der Waals surface area (Å²) in [5.74, 6) is 0.371. The van der Waals surface area contributed by atoms with Gasteiger partial charge < -0.3 is 24.4 Å². The third-order valence-electron chi connectivity index (χ3n) is 5.54. The summed E-state index contributed by atoms with van der Waals surface area (Å²) in [5, 5.41) is 2.80. The van der Waals surface area contributed by atoms with Crippen LogP contribution in [-0.4, -0.2) is 79.9 Å². The van der Waals surface area contributed by atoms with E-state index in [9.17, 15) is 14.4 Å². The highest BCUT2D eigenvalue weighted by Gasteiger charge is 2.31. The van der Waals surface area contributed by atoms with Crippen LogP contribution < -0.4 is 14.8 Å². The van der Waals surface area contributed by atoms with Gasteiger partial charge in [0.1, 0.15) is 10.9 Å². The first kappa shape index (κ1) is 29.2. The van der Waals surface area contributed by atoms with E-state index in [-0.39, 0.29) is 18.2 Å². The number of benzene rings is 2. The normalized spacial score (nSPS) is 14.2. The molecule has 0 radical (unpaired) electrons. The monoisotopic (exact) mass is 557 g/mol. The first-order valence-electron chi connectivity index (χ1n) is 11.9. The molecule has 9 nitrogen and oxygen atoms in total. The molecule has 0 unspecified atom stereocenters. The second kappa shape index (κ2) is 13.9. The second-order valence-corrected chi connectivity index (χ2v) is 10.3. The molecule has 38 heavy (non-hydrogen) atoms. The first-order chi connectivity index (χ1) is 18.2. The van der Waals surface area contributed by atoms with Crippen LogP contribution in [0.25, 0.3) is 6.08 Å². The highest BCUT2D eigenvalue weighted by molar-refractivity contribution is 8.26. The summed E-state index contributed by atoms with van der Waals surface area (Å²) in [7, 11) is 6.91. The number of hydrogen-bond acceptors (Lipinski definition) is 9. The molecular formula is C27H31N3O6S2. The molecule has 0 saturated carbocycles. The number of rotatable bonds is 12. The lowest BCUT2D eigenvalue weighted by molar-refractivity contribution is -0.122. The topological polar surface area (TPSA) is 97.4 Å². The summed E-state index contributed by atoms with van der Waals surface area (Å²) in [5.41, 5.74) is 1.77. The fourth-order valence-corrected chi connectivity index (χ4v) is 4.81.